The number of carbonyl (C=O) groups is 1. The molecule has 0 heterocycles. The van der Waals surface area contributed by atoms with Crippen molar-refractivity contribution >= 4 is 6.29 Å². The zero-order valence-corrected chi connectivity index (χ0v) is 16.0. The van der Waals surface area contributed by atoms with Crippen LogP contribution in [0.2, 0.25) is 0 Å². The number of carbonyl (C=O) groups excluding carboxylic acids is 1. The first-order valence-electron chi connectivity index (χ1n) is 10.6. The Balaban J connectivity index is 1.67. The van der Waals surface area contributed by atoms with Gasteiger partial charge < -0.3 is 15.8 Å². The monoisotopic (exact) mass is 344 g/mol. The van der Waals surface area contributed by atoms with E-state index in [0.717, 1.165) is 24.5 Å². The van der Waals surface area contributed by atoms with E-state index < -0.39 is 0 Å². The highest BCUT2D eigenvalue weighted by Crippen LogP contribution is 2.75. The SMILES string of the molecule is C=C1CCC2C(C3CC(C)CC13)C2(C(N)C=O)C1CCCC(NC)C1. The summed E-state index contributed by atoms with van der Waals surface area (Å²) in [5.41, 5.74) is 8.16. The summed E-state index contributed by atoms with van der Waals surface area (Å²) in [4.78, 5) is 11.9. The van der Waals surface area contributed by atoms with E-state index >= 15 is 0 Å². The molecular weight excluding hydrogens is 308 g/mol. The molecular formula is C22H36N2O. The summed E-state index contributed by atoms with van der Waals surface area (Å²) in [6.45, 7) is 6.85. The van der Waals surface area contributed by atoms with E-state index in [1.165, 1.54) is 50.5 Å². The fraction of sp³-hybridized carbons (Fsp3) is 0.864. The maximum Gasteiger partial charge on any atom is 0.137 e. The number of allylic oxidation sites excluding steroid dienone is 1. The molecule has 140 valence electrons. The van der Waals surface area contributed by atoms with E-state index in [1.807, 2.05) is 0 Å². The van der Waals surface area contributed by atoms with Gasteiger partial charge in [-0.05, 0) is 87.5 Å². The minimum atomic E-state index is -0.272. The van der Waals surface area contributed by atoms with Crippen molar-refractivity contribution in [2.45, 2.75) is 70.4 Å². The minimum Gasteiger partial charge on any atom is -0.321 e. The molecule has 0 amide bonds. The maximum atomic E-state index is 11.9. The quantitative estimate of drug-likeness (QED) is 0.606. The van der Waals surface area contributed by atoms with Crippen molar-refractivity contribution in [1.82, 2.24) is 5.32 Å². The van der Waals surface area contributed by atoms with Crippen molar-refractivity contribution in [2.75, 3.05) is 7.05 Å². The normalized spacial score (nSPS) is 50.5. The van der Waals surface area contributed by atoms with Crippen LogP contribution in [0.25, 0.3) is 0 Å². The predicted molar refractivity (Wildman–Crippen MR) is 102 cm³/mol. The Morgan fingerprint density at radius 3 is 2.80 bits per heavy atom. The zero-order valence-electron chi connectivity index (χ0n) is 16.0. The van der Waals surface area contributed by atoms with Gasteiger partial charge in [-0.15, -0.1) is 0 Å². The minimum absolute atomic E-state index is 0.0882. The van der Waals surface area contributed by atoms with Crippen molar-refractivity contribution < 1.29 is 4.79 Å². The van der Waals surface area contributed by atoms with Gasteiger partial charge in [0.15, 0.2) is 0 Å². The van der Waals surface area contributed by atoms with Crippen molar-refractivity contribution in [3.63, 3.8) is 0 Å². The molecule has 0 radical (unpaired) electrons. The van der Waals surface area contributed by atoms with Crippen LogP contribution in [0.15, 0.2) is 12.2 Å². The molecule has 25 heavy (non-hydrogen) atoms. The Bertz CT molecular complexity index is 546. The molecule has 0 aromatic heterocycles. The topological polar surface area (TPSA) is 55.1 Å². The van der Waals surface area contributed by atoms with E-state index in [1.54, 1.807) is 0 Å². The average Bonchev–Trinajstić information content (AvgIpc) is 3.19. The number of nitrogens with one attached hydrogen (secondary N) is 1. The third kappa shape index (κ3) is 2.56. The summed E-state index contributed by atoms with van der Waals surface area (Å²) in [7, 11) is 2.09. The fourth-order valence-electron chi connectivity index (χ4n) is 7.70. The molecule has 3 nitrogen and oxygen atoms in total. The molecule has 4 fully saturated rings. The molecule has 0 spiro atoms. The maximum absolute atomic E-state index is 11.9. The predicted octanol–water partition coefficient (Wildman–Crippen LogP) is 3.54. The lowest BCUT2D eigenvalue weighted by Gasteiger charge is -2.39. The first-order chi connectivity index (χ1) is 12.0. The van der Waals surface area contributed by atoms with Crippen LogP contribution in [-0.2, 0) is 4.79 Å². The van der Waals surface area contributed by atoms with Gasteiger partial charge in [-0.2, -0.15) is 0 Å². The van der Waals surface area contributed by atoms with Gasteiger partial charge >= 0.3 is 0 Å². The molecule has 9 atom stereocenters. The van der Waals surface area contributed by atoms with Gasteiger partial charge in [-0.3, -0.25) is 0 Å². The summed E-state index contributed by atoms with van der Waals surface area (Å²) >= 11 is 0. The molecule has 3 N–H and O–H groups in total. The van der Waals surface area contributed by atoms with Crippen LogP contribution in [0.1, 0.15) is 58.3 Å². The molecule has 3 heteroatoms. The second kappa shape index (κ2) is 6.49. The van der Waals surface area contributed by atoms with Gasteiger partial charge in [0.25, 0.3) is 0 Å². The van der Waals surface area contributed by atoms with Crippen LogP contribution in [0, 0.1) is 40.9 Å². The first kappa shape index (κ1) is 17.7. The molecule has 4 aliphatic rings. The molecule has 4 aliphatic carbocycles. The second-order valence-corrected chi connectivity index (χ2v) is 9.69. The molecule has 0 bridgehead atoms. The molecule has 0 aliphatic heterocycles. The Labute approximate surface area is 153 Å². The van der Waals surface area contributed by atoms with Crippen LogP contribution in [0.3, 0.4) is 0 Å². The zero-order chi connectivity index (χ0) is 17.8. The Kier molecular flexibility index (Phi) is 4.60. The smallest absolute Gasteiger partial charge is 0.137 e. The highest BCUT2D eigenvalue weighted by Gasteiger charge is 2.73. The summed E-state index contributed by atoms with van der Waals surface area (Å²) in [5, 5.41) is 3.50. The lowest BCUT2D eigenvalue weighted by molar-refractivity contribution is -0.111. The van der Waals surface area contributed by atoms with Crippen molar-refractivity contribution in [2.24, 2.45) is 46.7 Å². The highest BCUT2D eigenvalue weighted by atomic mass is 16.1. The number of nitrogens with two attached hydrogens (primary N) is 1. The summed E-state index contributed by atoms with van der Waals surface area (Å²) < 4.78 is 0. The van der Waals surface area contributed by atoms with E-state index in [9.17, 15) is 4.79 Å². The third-order valence-electron chi connectivity index (χ3n) is 8.67. The number of fused-ring (bicyclic) bond motifs is 3. The molecule has 0 aromatic carbocycles. The van der Waals surface area contributed by atoms with Crippen molar-refractivity contribution in [1.29, 1.82) is 0 Å². The van der Waals surface area contributed by atoms with Crippen molar-refractivity contribution in [3.8, 4) is 0 Å². The van der Waals surface area contributed by atoms with E-state index in [-0.39, 0.29) is 11.5 Å². The van der Waals surface area contributed by atoms with E-state index in [2.05, 4.69) is 25.9 Å². The molecule has 0 aromatic rings. The van der Waals surface area contributed by atoms with Gasteiger partial charge in [-0.1, -0.05) is 25.5 Å². The van der Waals surface area contributed by atoms with Crippen LogP contribution in [-0.4, -0.2) is 25.4 Å². The highest BCUT2D eigenvalue weighted by molar-refractivity contribution is 5.61. The van der Waals surface area contributed by atoms with Gasteiger partial charge in [0.2, 0.25) is 0 Å². The third-order valence-corrected chi connectivity index (χ3v) is 8.67. The Morgan fingerprint density at radius 1 is 1.28 bits per heavy atom. The van der Waals surface area contributed by atoms with Gasteiger partial charge in [0, 0.05) is 11.5 Å². The van der Waals surface area contributed by atoms with E-state index in [0.29, 0.717) is 29.7 Å². The summed E-state index contributed by atoms with van der Waals surface area (Å²) in [5.74, 6) is 4.17. The van der Waals surface area contributed by atoms with Gasteiger partial charge in [0.05, 0.1) is 6.04 Å². The van der Waals surface area contributed by atoms with Gasteiger partial charge in [-0.25, -0.2) is 0 Å². The number of rotatable bonds is 4. The van der Waals surface area contributed by atoms with E-state index in [4.69, 9.17) is 5.73 Å². The Morgan fingerprint density at radius 2 is 2.08 bits per heavy atom. The van der Waals surface area contributed by atoms with Crippen LogP contribution in [0.5, 0.6) is 0 Å². The number of hydrogen-bond donors (Lipinski definition) is 2. The molecule has 0 saturated heterocycles. The standard InChI is InChI=1S/C22H36N2O/c1-13-9-17-14(2)7-8-19-21(18(17)10-13)22(19,20(23)12-25)15-5-4-6-16(11-15)24-3/h12-13,15-21,24H,2,4-11,23H2,1,3H3. The fourth-order valence-corrected chi connectivity index (χ4v) is 7.70. The van der Waals surface area contributed by atoms with Crippen LogP contribution >= 0.6 is 0 Å². The lowest BCUT2D eigenvalue weighted by atomic mass is 9.68. The van der Waals surface area contributed by atoms with Gasteiger partial charge in [0.1, 0.15) is 6.29 Å². The average molecular weight is 345 g/mol. The first-order valence-corrected chi connectivity index (χ1v) is 10.6. The lowest BCUT2D eigenvalue weighted by Crippen LogP contribution is -2.46. The summed E-state index contributed by atoms with van der Waals surface area (Å²) in [6, 6.07) is 0.332. The number of aldehydes is 1. The molecule has 9 unspecified atom stereocenters. The number of hydrogen-bond acceptors (Lipinski definition) is 3. The van der Waals surface area contributed by atoms with Crippen LogP contribution in [0.4, 0.5) is 0 Å². The molecule has 4 saturated carbocycles. The second-order valence-electron chi connectivity index (χ2n) is 9.69. The largest absolute Gasteiger partial charge is 0.321 e. The van der Waals surface area contributed by atoms with Crippen LogP contribution < -0.4 is 11.1 Å². The summed E-state index contributed by atoms with van der Waals surface area (Å²) in [6.07, 6.45) is 11.1. The Hall–Kier alpha value is -0.670. The van der Waals surface area contributed by atoms with Crippen molar-refractivity contribution in [3.05, 3.63) is 12.2 Å². The molecule has 4 rings (SSSR count).